The van der Waals surface area contributed by atoms with Crippen LogP contribution in [0.15, 0.2) is 4.99 Å². The van der Waals surface area contributed by atoms with Crippen LogP contribution in [-0.2, 0) is 0 Å². The Bertz CT molecular complexity index is 163. The summed E-state index contributed by atoms with van der Waals surface area (Å²) in [4.78, 5) is 4.44. The number of unbranched alkanes of at least 4 members (excludes halogenated alkanes) is 2. The summed E-state index contributed by atoms with van der Waals surface area (Å²) in [7, 11) is 0. The molecule has 1 aliphatic rings. The summed E-state index contributed by atoms with van der Waals surface area (Å²) in [5.74, 6) is 1.55. The van der Waals surface area contributed by atoms with E-state index in [1.165, 1.54) is 25.7 Å². The molecule has 1 heterocycles. The van der Waals surface area contributed by atoms with Gasteiger partial charge in [-0.3, -0.25) is 4.99 Å². The predicted octanol–water partition coefficient (Wildman–Crippen LogP) is 2.33. The van der Waals surface area contributed by atoms with Gasteiger partial charge < -0.3 is 5.73 Å². The van der Waals surface area contributed by atoms with Crippen LogP contribution < -0.4 is 5.73 Å². The molecule has 0 aromatic heterocycles. The Balaban J connectivity index is 2.23. The van der Waals surface area contributed by atoms with Crippen molar-refractivity contribution >= 4 is 5.84 Å². The lowest BCUT2D eigenvalue weighted by atomic mass is 9.97. The van der Waals surface area contributed by atoms with Gasteiger partial charge in [0.15, 0.2) is 0 Å². The van der Waals surface area contributed by atoms with Crippen LogP contribution in [0.4, 0.5) is 0 Å². The largest absolute Gasteiger partial charge is 0.387 e. The van der Waals surface area contributed by atoms with Crippen molar-refractivity contribution in [1.82, 2.24) is 0 Å². The zero-order valence-electron chi connectivity index (χ0n) is 8.21. The molecule has 2 atom stereocenters. The number of rotatable bonds is 4. The van der Waals surface area contributed by atoms with E-state index in [1.807, 2.05) is 0 Å². The Morgan fingerprint density at radius 2 is 2.25 bits per heavy atom. The van der Waals surface area contributed by atoms with Gasteiger partial charge in [-0.1, -0.05) is 33.1 Å². The van der Waals surface area contributed by atoms with Gasteiger partial charge in [0.05, 0.1) is 11.9 Å². The molecule has 0 amide bonds. The Kier molecular flexibility index (Phi) is 3.57. The van der Waals surface area contributed by atoms with E-state index in [2.05, 4.69) is 18.8 Å². The van der Waals surface area contributed by atoms with Gasteiger partial charge in [-0.25, -0.2) is 0 Å². The Morgan fingerprint density at radius 1 is 1.50 bits per heavy atom. The van der Waals surface area contributed by atoms with E-state index >= 15 is 0 Å². The third-order valence-corrected chi connectivity index (χ3v) is 2.62. The van der Waals surface area contributed by atoms with E-state index in [-0.39, 0.29) is 0 Å². The van der Waals surface area contributed by atoms with Gasteiger partial charge in [0.1, 0.15) is 0 Å². The highest BCUT2D eigenvalue weighted by atomic mass is 14.9. The lowest BCUT2D eigenvalue weighted by Crippen LogP contribution is -2.11. The average Bonchev–Trinajstić information content (AvgIpc) is 2.31. The molecule has 1 unspecified atom stereocenters. The fraction of sp³-hybridized carbons (Fsp3) is 0.900. The second-order valence-corrected chi connectivity index (χ2v) is 3.86. The van der Waals surface area contributed by atoms with Crippen molar-refractivity contribution in [2.75, 3.05) is 0 Å². The maximum atomic E-state index is 5.67. The molecular formula is C10H20N2. The first kappa shape index (κ1) is 9.56. The van der Waals surface area contributed by atoms with Crippen molar-refractivity contribution in [2.24, 2.45) is 16.6 Å². The molecule has 0 spiro atoms. The van der Waals surface area contributed by atoms with Gasteiger partial charge in [-0.05, 0) is 12.3 Å². The van der Waals surface area contributed by atoms with Gasteiger partial charge in [0, 0.05) is 6.42 Å². The fourth-order valence-corrected chi connectivity index (χ4v) is 1.81. The van der Waals surface area contributed by atoms with Gasteiger partial charge in [0.2, 0.25) is 0 Å². The molecule has 0 radical (unpaired) electrons. The minimum Gasteiger partial charge on any atom is -0.387 e. The van der Waals surface area contributed by atoms with Gasteiger partial charge in [0.25, 0.3) is 0 Å². The second-order valence-electron chi connectivity index (χ2n) is 3.86. The first-order chi connectivity index (χ1) is 5.74. The van der Waals surface area contributed by atoms with Crippen molar-refractivity contribution in [1.29, 1.82) is 0 Å². The molecule has 0 aromatic rings. The molecule has 0 aliphatic carbocycles. The summed E-state index contributed by atoms with van der Waals surface area (Å²) in [6, 6.07) is 0.525. The molecule has 2 nitrogen and oxygen atoms in total. The monoisotopic (exact) mass is 168 g/mol. The van der Waals surface area contributed by atoms with Crippen LogP contribution in [0.2, 0.25) is 0 Å². The number of aliphatic imine (C=N–C) groups is 1. The number of hydrogen-bond acceptors (Lipinski definition) is 2. The molecule has 0 bridgehead atoms. The van der Waals surface area contributed by atoms with Crippen LogP contribution in [0.25, 0.3) is 0 Å². The quantitative estimate of drug-likeness (QED) is 0.643. The zero-order chi connectivity index (χ0) is 8.97. The van der Waals surface area contributed by atoms with Crippen molar-refractivity contribution in [3.8, 4) is 0 Å². The molecule has 1 aliphatic heterocycles. The molecule has 1 rings (SSSR count). The van der Waals surface area contributed by atoms with E-state index in [0.717, 1.165) is 12.3 Å². The molecule has 12 heavy (non-hydrogen) atoms. The van der Waals surface area contributed by atoms with Gasteiger partial charge in [-0.2, -0.15) is 0 Å². The summed E-state index contributed by atoms with van der Waals surface area (Å²) >= 11 is 0. The standard InChI is InChI=1S/C10H20N2/c1-3-4-5-6-9-8(2)7-10(11)12-9/h8-9H,3-7H2,1-2H3,(H2,11,12)/t8-,9?/m1/s1. The van der Waals surface area contributed by atoms with E-state index in [0.29, 0.717) is 12.0 Å². The molecule has 0 fully saturated rings. The number of amidine groups is 1. The first-order valence-electron chi connectivity index (χ1n) is 5.06. The third-order valence-electron chi connectivity index (χ3n) is 2.62. The predicted molar refractivity (Wildman–Crippen MR) is 53.3 cm³/mol. The van der Waals surface area contributed by atoms with Gasteiger partial charge >= 0.3 is 0 Å². The molecule has 70 valence electrons. The first-order valence-corrected chi connectivity index (χ1v) is 5.06. The smallest absolute Gasteiger partial charge is 0.0944 e. The lowest BCUT2D eigenvalue weighted by Gasteiger charge is -2.11. The highest BCUT2D eigenvalue weighted by Crippen LogP contribution is 2.23. The minimum absolute atomic E-state index is 0.525. The summed E-state index contributed by atoms with van der Waals surface area (Å²) in [6.45, 7) is 4.48. The van der Waals surface area contributed by atoms with E-state index in [4.69, 9.17) is 5.73 Å². The van der Waals surface area contributed by atoms with Gasteiger partial charge in [-0.15, -0.1) is 0 Å². The van der Waals surface area contributed by atoms with Crippen LogP contribution >= 0.6 is 0 Å². The summed E-state index contributed by atoms with van der Waals surface area (Å²) in [5, 5.41) is 0. The van der Waals surface area contributed by atoms with Crippen LogP contribution in [0.5, 0.6) is 0 Å². The minimum atomic E-state index is 0.525. The number of hydrogen-bond donors (Lipinski definition) is 1. The number of nitrogens with zero attached hydrogens (tertiary/aromatic N) is 1. The van der Waals surface area contributed by atoms with Crippen LogP contribution in [0.1, 0.15) is 46.0 Å². The Labute approximate surface area is 75.3 Å². The van der Waals surface area contributed by atoms with E-state index in [9.17, 15) is 0 Å². The Morgan fingerprint density at radius 3 is 2.75 bits per heavy atom. The SMILES string of the molecule is CCCCCC1N=C(N)C[C@H]1C. The topological polar surface area (TPSA) is 38.4 Å². The molecule has 0 aromatic carbocycles. The highest BCUT2D eigenvalue weighted by Gasteiger charge is 2.22. The Hall–Kier alpha value is -0.530. The van der Waals surface area contributed by atoms with Crippen molar-refractivity contribution in [2.45, 2.75) is 52.0 Å². The summed E-state index contributed by atoms with van der Waals surface area (Å²) in [6.07, 6.45) is 6.17. The normalized spacial score (nSPS) is 29.0. The van der Waals surface area contributed by atoms with Crippen molar-refractivity contribution < 1.29 is 0 Å². The van der Waals surface area contributed by atoms with E-state index in [1.54, 1.807) is 0 Å². The van der Waals surface area contributed by atoms with E-state index < -0.39 is 0 Å². The summed E-state index contributed by atoms with van der Waals surface area (Å²) in [5.41, 5.74) is 5.67. The molecule has 0 saturated heterocycles. The number of nitrogens with two attached hydrogens (primary N) is 1. The summed E-state index contributed by atoms with van der Waals surface area (Å²) < 4.78 is 0. The fourth-order valence-electron chi connectivity index (χ4n) is 1.81. The average molecular weight is 168 g/mol. The maximum absolute atomic E-state index is 5.67. The van der Waals surface area contributed by atoms with Crippen LogP contribution in [0.3, 0.4) is 0 Å². The molecule has 2 N–H and O–H groups in total. The third kappa shape index (κ3) is 2.50. The molecule has 0 saturated carbocycles. The second kappa shape index (κ2) is 4.48. The van der Waals surface area contributed by atoms with Crippen LogP contribution in [0, 0.1) is 5.92 Å². The maximum Gasteiger partial charge on any atom is 0.0944 e. The molecular weight excluding hydrogens is 148 g/mol. The van der Waals surface area contributed by atoms with Crippen molar-refractivity contribution in [3.05, 3.63) is 0 Å². The van der Waals surface area contributed by atoms with Crippen molar-refractivity contribution in [3.63, 3.8) is 0 Å². The van der Waals surface area contributed by atoms with Crippen LogP contribution in [-0.4, -0.2) is 11.9 Å². The lowest BCUT2D eigenvalue weighted by molar-refractivity contribution is 0.455. The highest BCUT2D eigenvalue weighted by molar-refractivity contribution is 5.82. The zero-order valence-corrected chi connectivity index (χ0v) is 8.21. The molecule has 2 heteroatoms.